The van der Waals surface area contributed by atoms with Crippen LogP contribution in [0, 0.1) is 6.92 Å². The Balaban J connectivity index is 1.77. The number of thiocarbonyl (C=S) groups is 1. The highest BCUT2D eigenvalue weighted by Crippen LogP contribution is 2.08. The van der Waals surface area contributed by atoms with Crippen LogP contribution in [0.25, 0.3) is 0 Å². The monoisotopic (exact) mass is 332 g/mol. The van der Waals surface area contributed by atoms with E-state index in [0.29, 0.717) is 5.11 Å². The van der Waals surface area contributed by atoms with Crippen molar-refractivity contribution >= 4 is 23.1 Å². The first-order valence-electron chi connectivity index (χ1n) is 7.89. The van der Waals surface area contributed by atoms with E-state index in [-0.39, 0.29) is 0 Å². The molecule has 2 rings (SSSR count). The minimum absolute atomic E-state index is 0.585. The molecule has 0 aliphatic heterocycles. The van der Waals surface area contributed by atoms with Crippen LogP contribution in [0.4, 0.5) is 5.82 Å². The normalized spacial score (nSPS) is 10.5. The van der Waals surface area contributed by atoms with Crippen LogP contribution < -0.4 is 10.6 Å². The fraction of sp³-hybridized carbons (Fsp3) is 0.412. The lowest BCUT2D eigenvalue weighted by molar-refractivity contribution is 0.146. The van der Waals surface area contributed by atoms with Crippen molar-refractivity contribution in [3.05, 3.63) is 47.7 Å². The van der Waals surface area contributed by atoms with Crippen LogP contribution in [0.5, 0.6) is 0 Å². The van der Waals surface area contributed by atoms with Crippen LogP contribution >= 0.6 is 12.2 Å². The van der Waals surface area contributed by atoms with E-state index < -0.39 is 0 Å². The molecule has 0 atom stereocenters. The Morgan fingerprint density at radius 1 is 1.35 bits per heavy atom. The van der Waals surface area contributed by atoms with Crippen molar-refractivity contribution in [3.63, 3.8) is 0 Å². The lowest BCUT2D eigenvalue weighted by Crippen LogP contribution is -2.30. The molecule has 0 aliphatic rings. The molecule has 0 unspecified atom stereocenters. The van der Waals surface area contributed by atoms with Gasteiger partial charge in [-0.05, 0) is 38.0 Å². The van der Waals surface area contributed by atoms with Gasteiger partial charge in [-0.25, -0.2) is 0 Å². The molecule has 5 nitrogen and oxygen atoms in total. The number of ether oxygens (including phenoxy) is 1. The molecule has 1 aromatic heterocycles. The van der Waals surface area contributed by atoms with Crippen LogP contribution in [0.2, 0.25) is 0 Å². The molecule has 0 radical (unpaired) electrons. The molecule has 0 saturated carbocycles. The minimum Gasteiger partial charge on any atom is -0.382 e. The summed E-state index contributed by atoms with van der Waals surface area (Å²) >= 11 is 5.26. The zero-order chi connectivity index (χ0) is 16.5. The van der Waals surface area contributed by atoms with E-state index in [2.05, 4.69) is 46.9 Å². The van der Waals surface area contributed by atoms with Gasteiger partial charge >= 0.3 is 0 Å². The van der Waals surface area contributed by atoms with Gasteiger partial charge in [-0.1, -0.05) is 29.8 Å². The first kappa shape index (κ1) is 17.4. The molecular formula is C17H24N4OS. The predicted octanol–water partition coefficient (Wildman–Crippen LogP) is 2.95. The first-order valence-corrected chi connectivity index (χ1v) is 8.30. The molecule has 0 fully saturated rings. The smallest absolute Gasteiger partial charge is 0.171 e. The molecule has 0 bridgehead atoms. The van der Waals surface area contributed by atoms with Gasteiger partial charge in [0.2, 0.25) is 0 Å². The maximum absolute atomic E-state index is 5.28. The van der Waals surface area contributed by atoms with Gasteiger partial charge in [-0.3, -0.25) is 4.68 Å². The topological polar surface area (TPSA) is 51.1 Å². The quantitative estimate of drug-likeness (QED) is 0.575. The number of rotatable bonds is 8. The Bertz CT molecular complexity index is 627. The van der Waals surface area contributed by atoms with Gasteiger partial charge < -0.3 is 15.4 Å². The Hall–Kier alpha value is -1.92. The summed E-state index contributed by atoms with van der Waals surface area (Å²) in [7, 11) is 0. The molecule has 23 heavy (non-hydrogen) atoms. The third kappa shape index (κ3) is 6.38. The summed E-state index contributed by atoms with van der Waals surface area (Å²) in [6.45, 7) is 7.12. The molecule has 0 aliphatic carbocycles. The SMILES string of the molecule is CCOCCCNC(=S)Nc1ccn(Cc2cccc(C)c2)n1. The Labute approximate surface area is 143 Å². The molecule has 0 spiro atoms. The highest BCUT2D eigenvalue weighted by molar-refractivity contribution is 7.80. The summed E-state index contributed by atoms with van der Waals surface area (Å²) in [6, 6.07) is 10.3. The van der Waals surface area contributed by atoms with E-state index in [0.717, 1.165) is 38.5 Å². The summed E-state index contributed by atoms with van der Waals surface area (Å²) in [5, 5.41) is 11.3. The van der Waals surface area contributed by atoms with E-state index >= 15 is 0 Å². The van der Waals surface area contributed by atoms with Crippen LogP contribution in [-0.4, -0.2) is 34.7 Å². The second-order valence-corrected chi connectivity index (χ2v) is 5.73. The van der Waals surface area contributed by atoms with Crippen molar-refractivity contribution in [2.75, 3.05) is 25.1 Å². The maximum atomic E-state index is 5.28. The van der Waals surface area contributed by atoms with E-state index in [1.165, 1.54) is 11.1 Å². The highest BCUT2D eigenvalue weighted by atomic mass is 32.1. The van der Waals surface area contributed by atoms with E-state index in [1.54, 1.807) is 0 Å². The van der Waals surface area contributed by atoms with Gasteiger partial charge in [0, 0.05) is 32.0 Å². The van der Waals surface area contributed by atoms with Crippen molar-refractivity contribution in [1.82, 2.24) is 15.1 Å². The zero-order valence-corrected chi connectivity index (χ0v) is 14.5. The van der Waals surface area contributed by atoms with Gasteiger partial charge in [0.25, 0.3) is 0 Å². The summed E-state index contributed by atoms with van der Waals surface area (Å²) in [6.07, 6.45) is 2.87. The molecule has 124 valence electrons. The highest BCUT2D eigenvalue weighted by Gasteiger charge is 2.02. The summed E-state index contributed by atoms with van der Waals surface area (Å²) in [5.41, 5.74) is 2.49. The van der Waals surface area contributed by atoms with Gasteiger partial charge in [-0.15, -0.1) is 0 Å². The number of aromatic nitrogens is 2. The molecule has 6 heteroatoms. The number of aryl methyl sites for hydroxylation is 1. The fourth-order valence-electron chi connectivity index (χ4n) is 2.19. The van der Waals surface area contributed by atoms with Gasteiger partial charge in [0.05, 0.1) is 6.54 Å². The van der Waals surface area contributed by atoms with Gasteiger partial charge in [0.1, 0.15) is 0 Å². The van der Waals surface area contributed by atoms with Crippen molar-refractivity contribution < 1.29 is 4.74 Å². The van der Waals surface area contributed by atoms with E-state index in [9.17, 15) is 0 Å². The maximum Gasteiger partial charge on any atom is 0.171 e. The second kappa shape index (κ2) is 9.27. The lowest BCUT2D eigenvalue weighted by atomic mass is 10.1. The average Bonchev–Trinajstić information content (AvgIpc) is 2.94. The summed E-state index contributed by atoms with van der Waals surface area (Å²) in [4.78, 5) is 0. The summed E-state index contributed by atoms with van der Waals surface area (Å²) < 4.78 is 7.18. The number of nitrogens with one attached hydrogen (secondary N) is 2. The molecule has 2 aromatic rings. The number of nitrogens with zero attached hydrogens (tertiary/aromatic N) is 2. The first-order chi connectivity index (χ1) is 11.2. The van der Waals surface area contributed by atoms with Crippen LogP contribution in [0.3, 0.4) is 0 Å². The Kier molecular flexibility index (Phi) is 7.03. The number of anilines is 1. The second-order valence-electron chi connectivity index (χ2n) is 5.32. The number of hydrogen-bond donors (Lipinski definition) is 2. The largest absolute Gasteiger partial charge is 0.382 e. The van der Waals surface area contributed by atoms with Crippen LogP contribution in [0.1, 0.15) is 24.5 Å². The fourth-order valence-corrected chi connectivity index (χ4v) is 2.40. The minimum atomic E-state index is 0.585. The van der Waals surface area contributed by atoms with Gasteiger partial charge in [0.15, 0.2) is 10.9 Å². The van der Waals surface area contributed by atoms with Crippen molar-refractivity contribution in [2.24, 2.45) is 0 Å². The molecule has 1 heterocycles. The Morgan fingerprint density at radius 2 is 2.22 bits per heavy atom. The van der Waals surface area contributed by atoms with Crippen LogP contribution in [0.15, 0.2) is 36.5 Å². The van der Waals surface area contributed by atoms with Crippen molar-refractivity contribution in [2.45, 2.75) is 26.8 Å². The number of benzene rings is 1. The molecule has 1 aromatic carbocycles. The van der Waals surface area contributed by atoms with E-state index in [1.807, 2.05) is 23.9 Å². The lowest BCUT2D eigenvalue weighted by Gasteiger charge is -2.08. The molecular weight excluding hydrogens is 308 g/mol. The molecule has 0 saturated heterocycles. The molecule has 0 amide bonds. The predicted molar refractivity (Wildman–Crippen MR) is 97.8 cm³/mol. The van der Waals surface area contributed by atoms with E-state index in [4.69, 9.17) is 17.0 Å². The average molecular weight is 332 g/mol. The third-order valence-corrected chi connectivity index (χ3v) is 3.51. The Morgan fingerprint density at radius 3 is 3.00 bits per heavy atom. The number of hydrogen-bond acceptors (Lipinski definition) is 3. The van der Waals surface area contributed by atoms with Crippen molar-refractivity contribution in [3.8, 4) is 0 Å². The summed E-state index contributed by atoms with van der Waals surface area (Å²) in [5.74, 6) is 0.750. The molecule has 2 N–H and O–H groups in total. The van der Waals surface area contributed by atoms with Gasteiger partial charge in [-0.2, -0.15) is 5.10 Å². The zero-order valence-electron chi connectivity index (χ0n) is 13.7. The van der Waals surface area contributed by atoms with Crippen LogP contribution in [-0.2, 0) is 11.3 Å². The standard InChI is InChI=1S/C17H24N4OS/c1-3-22-11-5-9-18-17(23)19-16-8-10-21(20-16)13-15-7-4-6-14(2)12-15/h4,6-8,10,12H,3,5,9,11,13H2,1-2H3,(H2,18,19,20,23). The van der Waals surface area contributed by atoms with Crippen molar-refractivity contribution in [1.29, 1.82) is 0 Å². The third-order valence-electron chi connectivity index (χ3n) is 3.26.